The molecule has 2 aromatic carbocycles. The first-order chi connectivity index (χ1) is 10.5. The molecular weight excluding hydrogens is 281 g/mol. The summed E-state index contributed by atoms with van der Waals surface area (Å²) in [5.74, 6) is 0.262. The molecule has 2 rings (SSSR count). The van der Waals surface area contributed by atoms with Crippen LogP contribution in [-0.2, 0) is 0 Å². The average molecular weight is 301 g/mol. The summed E-state index contributed by atoms with van der Waals surface area (Å²) in [6, 6.07) is 11.3. The van der Waals surface area contributed by atoms with Crippen molar-refractivity contribution < 1.29 is 13.9 Å². The van der Waals surface area contributed by atoms with E-state index in [0.717, 1.165) is 23.3 Å². The zero-order valence-corrected chi connectivity index (χ0v) is 13.0. The van der Waals surface area contributed by atoms with Crippen molar-refractivity contribution in [3.8, 4) is 5.75 Å². The lowest BCUT2D eigenvalue weighted by Gasteiger charge is -2.19. The molecule has 1 amide bonds. The third-order valence-electron chi connectivity index (χ3n) is 3.64. The molecule has 4 heteroatoms. The van der Waals surface area contributed by atoms with E-state index in [4.69, 9.17) is 4.74 Å². The molecule has 0 heterocycles. The molecule has 3 nitrogen and oxygen atoms in total. The maximum absolute atomic E-state index is 12.9. The highest BCUT2D eigenvalue weighted by molar-refractivity contribution is 5.94. The molecule has 1 atom stereocenters. The van der Waals surface area contributed by atoms with E-state index >= 15 is 0 Å². The van der Waals surface area contributed by atoms with Gasteiger partial charge in [-0.1, -0.05) is 19.1 Å². The van der Waals surface area contributed by atoms with Crippen LogP contribution >= 0.6 is 0 Å². The number of hydrogen-bond donors (Lipinski definition) is 1. The van der Waals surface area contributed by atoms with Crippen LogP contribution in [0, 0.1) is 12.7 Å². The lowest BCUT2D eigenvalue weighted by molar-refractivity contribution is 0.0935. The van der Waals surface area contributed by atoms with Crippen LogP contribution in [0.5, 0.6) is 5.75 Å². The Balaban J connectivity index is 2.16. The summed E-state index contributed by atoms with van der Waals surface area (Å²) in [4.78, 5) is 12.2. The summed E-state index contributed by atoms with van der Waals surface area (Å²) >= 11 is 0. The minimum absolute atomic E-state index is 0.0952. The average Bonchev–Trinajstić information content (AvgIpc) is 2.53. The molecule has 22 heavy (non-hydrogen) atoms. The second kappa shape index (κ2) is 7.07. The van der Waals surface area contributed by atoms with E-state index in [1.807, 2.05) is 32.0 Å². The normalized spacial score (nSPS) is 11.8. The number of amides is 1. The van der Waals surface area contributed by atoms with Crippen molar-refractivity contribution >= 4 is 5.91 Å². The molecule has 0 spiro atoms. The molecular formula is C18H20FNO2. The van der Waals surface area contributed by atoms with Crippen LogP contribution in [0.2, 0.25) is 0 Å². The molecule has 0 aliphatic heterocycles. The molecule has 0 fully saturated rings. The quantitative estimate of drug-likeness (QED) is 0.905. The summed E-state index contributed by atoms with van der Waals surface area (Å²) in [5.41, 5.74) is 2.50. The zero-order chi connectivity index (χ0) is 16.1. The Labute approximate surface area is 130 Å². The van der Waals surface area contributed by atoms with E-state index in [1.54, 1.807) is 7.11 Å². The van der Waals surface area contributed by atoms with Gasteiger partial charge in [-0.25, -0.2) is 4.39 Å². The first kappa shape index (κ1) is 16.0. The second-order valence-corrected chi connectivity index (χ2v) is 5.17. The molecule has 0 aliphatic rings. The van der Waals surface area contributed by atoms with Crippen LogP contribution in [-0.4, -0.2) is 13.0 Å². The fourth-order valence-electron chi connectivity index (χ4n) is 2.38. The highest BCUT2D eigenvalue weighted by Gasteiger charge is 2.15. The first-order valence-corrected chi connectivity index (χ1v) is 7.26. The number of ether oxygens (including phenoxy) is 1. The predicted octanol–water partition coefficient (Wildman–Crippen LogP) is 4.02. The predicted molar refractivity (Wildman–Crippen MR) is 84.6 cm³/mol. The highest BCUT2D eigenvalue weighted by atomic mass is 19.1. The minimum atomic E-state index is -0.352. The molecule has 116 valence electrons. The van der Waals surface area contributed by atoms with Crippen molar-refractivity contribution in [1.82, 2.24) is 5.32 Å². The Morgan fingerprint density at radius 2 is 1.91 bits per heavy atom. The molecule has 0 saturated carbocycles. The molecule has 0 radical (unpaired) electrons. The van der Waals surface area contributed by atoms with Gasteiger partial charge in [0.1, 0.15) is 11.6 Å². The number of hydrogen-bond acceptors (Lipinski definition) is 2. The fourth-order valence-corrected chi connectivity index (χ4v) is 2.38. The van der Waals surface area contributed by atoms with Gasteiger partial charge in [-0.3, -0.25) is 4.79 Å². The molecule has 0 aliphatic carbocycles. The van der Waals surface area contributed by atoms with Crippen LogP contribution in [0.3, 0.4) is 0 Å². The third kappa shape index (κ3) is 3.64. The van der Waals surface area contributed by atoms with Gasteiger partial charge in [-0.15, -0.1) is 0 Å². The van der Waals surface area contributed by atoms with Crippen LogP contribution < -0.4 is 10.1 Å². The topological polar surface area (TPSA) is 38.3 Å². The molecule has 1 N–H and O–H groups in total. The SMILES string of the molecule is CC[C@H](NC(=O)c1ccc(F)cc1)c1ccc(OC)c(C)c1. The summed E-state index contributed by atoms with van der Waals surface area (Å²) in [6.07, 6.45) is 0.763. The summed E-state index contributed by atoms with van der Waals surface area (Å²) in [5, 5.41) is 2.98. The van der Waals surface area contributed by atoms with Gasteiger partial charge >= 0.3 is 0 Å². The van der Waals surface area contributed by atoms with Crippen LogP contribution in [0.25, 0.3) is 0 Å². The smallest absolute Gasteiger partial charge is 0.251 e. The van der Waals surface area contributed by atoms with E-state index in [1.165, 1.54) is 24.3 Å². The van der Waals surface area contributed by atoms with Gasteiger partial charge in [0.05, 0.1) is 13.2 Å². The van der Waals surface area contributed by atoms with Gasteiger partial charge < -0.3 is 10.1 Å². The molecule has 0 bridgehead atoms. The van der Waals surface area contributed by atoms with Crippen molar-refractivity contribution in [2.24, 2.45) is 0 Å². The van der Waals surface area contributed by atoms with Gasteiger partial charge in [0.25, 0.3) is 5.91 Å². The van der Waals surface area contributed by atoms with Crippen molar-refractivity contribution in [2.45, 2.75) is 26.3 Å². The van der Waals surface area contributed by atoms with Gasteiger partial charge in [-0.05, 0) is 54.8 Å². The number of aryl methyl sites for hydroxylation is 1. The maximum Gasteiger partial charge on any atom is 0.251 e. The van der Waals surface area contributed by atoms with Crippen molar-refractivity contribution in [3.05, 3.63) is 65.0 Å². The zero-order valence-electron chi connectivity index (χ0n) is 13.0. The van der Waals surface area contributed by atoms with Crippen LogP contribution in [0.15, 0.2) is 42.5 Å². The second-order valence-electron chi connectivity index (χ2n) is 5.17. The van der Waals surface area contributed by atoms with Crippen molar-refractivity contribution in [3.63, 3.8) is 0 Å². The van der Waals surface area contributed by atoms with Crippen LogP contribution in [0.1, 0.15) is 40.9 Å². The molecule has 0 unspecified atom stereocenters. The first-order valence-electron chi connectivity index (χ1n) is 7.26. The molecule has 2 aromatic rings. The summed E-state index contributed by atoms with van der Waals surface area (Å²) in [7, 11) is 1.63. The number of benzene rings is 2. The number of halogens is 1. The van der Waals surface area contributed by atoms with Crippen molar-refractivity contribution in [2.75, 3.05) is 7.11 Å². The van der Waals surface area contributed by atoms with Gasteiger partial charge in [0.15, 0.2) is 0 Å². The van der Waals surface area contributed by atoms with Gasteiger partial charge in [0.2, 0.25) is 0 Å². The van der Waals surface area contributed by atoms with Gasteiger partial charge in [0, 0.05) is 5.56 Å². The molecule has 0 aromatic heterocycles. The Bertz CT molecular complexity index is 653. The van der Waals surface area contributed by atoms with Crippen molar-refractivity contribution in [1.29, 1.82) is 0 Å². The largest absolute Gasteiger partial charge is 0.496 e. The van der Waals surface area contributed by atoms with E-state index in [0.29, 0.717) is 5.56 Å². The Morgan fingerprint density at radius 1 is 1.23 bits per heavy atom. The number of carbonyl (C=O) groups excluding carboxylic acids is 1. The minimum Gasteiger partial charge on any atom is -0.496 e. The standard InChI is InChI=1S/C18H20FNO2/c1-4-16(14-7-10-17(22-3)12(2)11-14)20-18(21)13-5-8-15(19)9-6-13/h5-11,16H,4H2,1-3H3,(H,20,21)/t16-/m0/s1. The molecule has 0 saturated heterocycles. The van der Waals surface area contributed by atoms with Crippen LogP contribution in [0.4, 0.5) is 4.39 Å². The Morgan fingerprint density at radius 3 is 2.45 bits per heavy atom. The van der Waals surface area contributed by atoms with Gasteiger partial charge in [-0.2, -0.15) is 0 Å². The summed E-state index contributed by atoms with van der Waals surface area (Å²) < 4.78 is 18.2. The maximum atomic E-state index is 12.9. The number of methoxy groups -OCH3 is 1. The van der Waals surface area contributed by atoms with E-state index in [2.05, 4.69) is 5.32 Å². The van der Waals surface area contributed by atoms with E-state index in [9.17, 15) is 9.18 Å². The van der Waals surface area contributed by atoms with E-state index < -0.39 is 0 Å². The summed E-state index contributed by atoms with van der Waals surface area (Å²) in [6.45, 7) is 3.98. The Kier molecular flexibility index (Phi) is 5.15. The number of rotatable bonds is 5. The Hall–Kier alpha value is -2.36. The van der Waals surface area contributed by atoms with E-state index in [-0.39, 0.29) is 17.8 Å². The monoisotopic (exact) mass is 301 g/mol. The number of carbonyl (C=O) groups is 1. The third-order valence-corrected chi connectivity index (χ3v) is 3.64. The highest BCUT2D eigenvalue weighted by Crippen LogP contribution is 2.24. The lowest BCUT2D eigenvalue weighted by Crippen LogP contribution is -2.28. The fraction of sp³-hybridized carbons (Fsp3) is 0.278. The lowest BCUT2D eigenvalue weighted by atomic mass is 10.0. The number of nitrogens with one attached hydrogen (secondary N) is 1.